The molecule has 0 bridgehead atoms. The zero-order valence-electron chi connectivity index (χ0n) is 17.3. The van der Waals surface area contributed by atoms with Crippen LogP contribution in [-0.4, -0.2) is 28.8 Å². The SMILES string of the molecule is Cc1ccc(CC(=O)N(Cc2cccc(Br)c2)[C@@H](C)C(=O)NC(C)C)cc1C. The van der Waals surface area contributed by atoms with Crippen molar-refractivity contribution in [3.8, 4) is 0 Å². The molecule has 5 heteroatoms. The van der Waals surface area contributed by atoms with E-state index in [2.05, 4.69) is 28.2 Å². The highest BCUT2D eigenvalue weighted by molar-refractivity contribution is 9.10. The molecular weight excluding hydrogens is 416 g/mol. The van der Waals surface area contributed by atoms with E-state index in [1.54, 1.807) is 11.8 Å². The van der Waals surface area contributed by atoms with Gasteiger partial charge < -0.3 is 10.2 Å². The molecule has 0 saturated carbocycles. The van der Waals surface area contributed by atoms with E-state index in [1.807, 2.05) is 63.2 Å². The minimum atomic E-state index is -0.555. The number of nitrogens with zero attached hydrogens (tertiary/aromatic N) is 1. The van der Waals surface area contributed by atoms with E-state index in [0.717, 1.165) is 21.2 Å². The van der Waals surface area contributed by atoms with Crippen LogP contribution in [0.2, 0.25) is 0 Å². The number of carbonyl (C=O) groups is 2. The number of aryl methyl sites for hydroxylation is 2. The van der Waals surface area contributed by atoms with Crippen LogP contribution in [0, 0.1) is 13.8 Å². The fourth-order valence-corrected chi connectivity index (χ4v) is 3.46. The molecule has 2 aromatic carbocycles. The first-order valence-corrected chi connectivity index (χ1v) is 10.4. The van der Waals surface area contributed by atoms with E-state index in [1.165, 1.54) is 5.56 Å². The number of nitrogens with one attached hydrogen (secondary N) is 1. The Bertz CT molecular complexity index is 848. The first kappa shape index (κ1) is 22.2. The van der Waals surface area contributed by atoms with E-state index < -0.39 is 6.04 Å². The molecule has 150 valence electrons. The summed E-state index contributed by atoms with van der Waals surface area (Å²) in [6.07, 6.45) is 0.272. The van der Waals surface area contributed by atoms with Crippen molar-refractivity contribution < 1.29 is 9.59 Å². The number of hydrogen-bond donors (Lipinski definition) is 1. The lowest BCUT2D eigenvalue weighted by molar-refractivity contribution is -0.140. The van der Waals surface area contributed by atoms with Gasteiger partial charge in [0.1, 0.15) is 6.04 Å². The quantitative estimate of drug-likeness (QED) is 0.680. The summed E-state index contributed by atoms with van der Waals surface area (Å²) in [4.78, 5) is 27.4. The second-order valence-electron chi connectivity index (χ2n) is 7.59. The molecule has 2 aromatic rings. The van der Waals surface area contributed by atoms with Gasteiger partial charge in [-0.05, 0) is 69.0 Å². The van der Waals surface area contributed by atoms with Gasteiger partial charge in [0.05, 0.1) is 6.42 Å². The van der Waals surface area contributed by atoms with Gasteiger partial charge in [-0.2, -0.15) is 0 Å². The number of amides is 2. The Balaban J connectivity index is 2.26. The van der Waals surface area contributed by atoms with Crippen LogP contribution in [0.4, 0.5) is 0 Å². The number of benzene rings is 2. The van der Waals surface area contributed by atoms with E-state index in [9.17, 15) is 9.59 Å². The van der Waals surface area contributed by atoms with Crippen LogP contribution in [0.1, 0.15) is 43.0 Å². The normalized spacial score (nSPS) is 12.0. The smallest absolute Gasteiger partial charge is 0.242 e. The zero-order chi connectivity index (χ0) is 20.8. The number of halogens is 1. The molecule has 0 aliphatic rings. The lowest BCUT2D eigenvalue weighted by Crippen LogP contribution is -2.49. The molecule has 0 radical (unpaired) electrons. The first-order valence-electron chi connectivity index (χ1n) is 9.57. The van der Waals surface area contributed by atoms with E-state index in [4.69, 9.17) is 0 Å². The first-order chi connectivity index (χ1) is 13.2. The molecule has 1 atom stereocenters. The summed E-state index contributed by atoms with van der Waals surface area (Å²) in [7, 11) is 0. The topological polar surface area (TPSA) is 49.4 Å². The van der Waals surface area contributed by atoms with Crippen LogP contribution >= 0.6 is 15.9 Å². The van der Waals surface area contributed by atoms with Crippen molar-refractivity contribution in [2.45, 2.75) is 59.7 Å². The molecule has 28 heavy (non-hydrogen) atoms. The van der Waals surface area contributed by atoms with Crippen molar-refractivity contribution in [1.29, 1.82) is 0 Å². The maximum Gasteiger partial charge on any atom is 0.242 e. The van der Waals surface area contributed by atoms with Crippen molar-refractivity contribution in [3.05, 3.63) is 69.2 Å². The second-order valence-corrected chi connectivity index (χ2v) is 8.50. The predicted octanol–water partition coefficient (Wildman–Crippen LogP) is 4.55. The maximum absolute atomic E-state index is 13.2. The molecule has 0 saturated heterocycles. The van der Waals surface area contributed by atoms with Gasteiger partial charge in [0.2, 0.25) is 11.8 Å². The van der Waals surface area contributed by atoms with E-state index >= 15 is 0 Å². The second kappa shape index (κ2) is 9.87. The maximum atomic E-state index is 13.2. The molecule has 1 N–H and O–H groups in total. The predicted molar refractivity (Wildman–Crippen MR) is 117 cm³/mol. The summed E-state index contributed by atoms with van der Waals surface area (Å²) < 4.78 is 0.950. The molecule has 2 rings (SSSR count). The van der Waals surface area contributed by atoms with Crippen LogP contribution in [0.15, 0.2) is 46.9 Å². The van der Waals surface area contributed by atoms with Gasteiger partial charge >= 0.3 is 0 Å². The van der Waals surface area contributed by atoms with Gasteiger partial charge in [-0.3, -0.25) is 9.59 Å². The lowest BCUT2D eigenvalue weighted by atomic mass is 10.0. The van der Waals surface area contributed by atoms with Crippen LogP contribution in [0.25, 0.3) is 0 Å². The number of carbonyl (C=O) groups excluding carboxylic acids is 2. The third-order valence-corrected chi connectivity index (χ3v) is 5.26. The summed E-state index contributed by atoms with van der Waals surface area (Å²) in [6, 6.07) is 13.4. The molecule has 2 amide bonds. The molecule has 0 aliphatic carbocycles. The van der Waals surface area contributed by atoms with Gasteiger partial charge in [0, 0.05) is 17.1 Å². The van der Waals surface area contributed by atoms with Gasteiger partial charge in [-0.15, -0.1) is 0 Å². The third kappa shape index (κ3) is 6.20. The molecule has 0 fully saturated rings. The Hall–Kier alpha value is -2.14. The van der Waals surface area contributed by atoms with Crippen LogP contribution in [0.3, 0.4) is 0 Å². The van der Waals surface area contributed by atoms with Crippen molar-refractivity contribution in [2.24, 2.45) is 0 Å². The minimum absolute atomic E-state index is 0.0255. The Morgan fingerprint density at radius 2 is 1.71 bits per heavy atom. The molecule has 4 nitrogen and oxygen atoms in total. The van der Waals surface area contributed by atoms with Crippen molar-refractivity contribution >= 4 is 27.7 Å². The Kier molecular flexibility index (Phi) is 7.81. The fraction of sp³-hybridized carbons (Fsp3) is 0.391. The van der Waals surface area contributed by atoms with Gasteiger partial charge in [0.25, 0.3) is 0 Å². The summed E-state index contributed by atoms with van der Waals surface area (Å²) in [5.74, 6) is -0.201. The van der Waals surface area contributed by atoms with Crippen LogP contribution < -0.4 is 5.32 Å². The number of rotatable bonds is 7. The molecule has 0 heterocycles. The van der Waals surface area contributed by atoms with Crippen LogP contribution in [-0.2, 0) is 22.6 Å². The molecule has 0 unspecified atom stereocenters. The largest absolute Gasteiger partial charge is 0.352 e. The van der Waals surface area contributed by atoms with E-state index in [-0.39, 0.29) is 24.3 Å². The van der Waals surface area contributed by atoms with Crippen molar-refractivity contribution in [1.82, 2.24) is 10.2 Å². The van der Waals surface area contributed by atoms with E-state index in [0.29, 0.717) is 6.54 Å². The van der Waals surface area contributed by atoms with Crippen molar-refractivity contribution in [3.63, 3.8) is 0 Å². The average molecular weight is 445 g/mol. The monoisotopic (exact) mass is 444 g/mol. The summed E-state index contributed by atoms with van der Waals surface area (Å²) >= 11 is 3.47. The fourth-order valence-electron chi connectivity index (χ4n) is 3.01. The Labute approximate surface area is 176 Å². The van der Waals surface area contributed by atoms with Gasteiger partial charge in [-0.1, -0.05) is 46.3 Å². The average Bonchev–Trinajstić information content (AvgIpc) is 2.61. The summed E-state index contributed by atoms with van der Waals surface area (Å²) in [5.41, 5.74) is 4.30. The molecular formula is C23H29BrN2O2. The minimum Gasteiger partial charge on any atom is -0.352 e. The number of hydrogen-bond acceptors (Lipinski definition) is 2. The summed E-state index contributed by atoms with van der Waals surface area (Å²) in [5, 5.41) is 2.91. The highest BCUT2D eigenvalue weighted by Gasteiger charge is 2.26. The molecule has 0 aromatic heterocycles. The highest BCUT2D eigenvalue weighted by atomic mass is 79.9. The van der Waals surface area contributed by atoms with Crippen LogP contribution in [0.5, 0.6) is 0 Å². The summed E-state index contributed by atoms with van der Waals surface area (Å²) in [6.45, 7) is 10.1. The zero-order valence-corrected chi connectivity index (χ0v) is 18.8. The molecule has 0 spiro atoms. The van der Waals surface area contributed by atoms with Gasteiger partial charge in [-0.25, -0.2) is 0 Å². The Morgan fingerprint density at radius 1 is 1.00 bits per heavy atom. The Morgan fingerprint density at radius 3 is 2.32 bits per heavy atom. The lowest BCUT2D eigenvalue weighted by Gasteiger charge is -2.29. The highest BCUT2D eigenvalue weighted by Crippen LogP contribution is 2.17. The van der Waals surface area contributed by atoms with Gasteiger partial charge in [0.15, 0.2) is 0 Å². The van der Waals surface area contributed by atoms with Crippen molar-refractivity contribution in [2.75, 3.05) is 0 Å². The third-order valence-electron chi connectivity index (χ3n) is 4.77. The molecule has 0 aliphatic heterocycles. The standard InChI is InChI=1S/C23H29BrN2O2/c1-15(2)25-23(28)18(5)26(14-20-7-6-8-21(24)12-20)22(27)13-19-10-9-16(3)17(4)11-19/h6-12,15,18H,13-14H2,1-5H3,(H,25,28)/t18-/m0/s1.